The number of fused-ring (bicyclic) bond motifs is 1. The van der Waals surface area contributed by atoms with Crippen molar-refractivity contribution < 1.29 is 32.6 Å². The van der Waals surface area contributed by atoms with Crippen LogP contribution in [0.4, 0.5) is 5.82 Å². The molecule has 0 aliphatic carbocycles. The molecule has 12 nitrogen and oxygen atoms in total. The molecule has 1 aliphatic rings. The number of pyridine rings is 1. The average molecular weight is 662 g/mol. The van der Waals surface area contributed by atoms with Crippen molar-refractivity contribution in [2.45, 2.75) is 69.9 Å². The molecule has 5 N–H and O–H groups in total. The average Bonchev–Trinajstić information content (AvgIpc) is 2.98. The zero-order valence-electron chi connectivity index (χ0n) is 25.8. The number of halogens is 1. The summed E-state index contributed by atoms with van der Waals surface area (Å²) in [7, 11) is -2.89. The summed E-state index contributed by atoms with van der Waals surface area (Å²) in [5.74, 6) is -1.75. The highest BCUT2D eigenvalue weighted by molar-refractivity contribution is 7.89. The van der Waals surface area contributed by atoms with Crippen LogP contribution in [-0.2, 0) is 30.8 Å². The molecule has 0 radical (unpaired) electrons. The van der Waals surface area contributed by atoms with E-state index < -0.39 is 40.4 Å². The number of sulfonamides is 1. The number of nitrogen functional groups attached to an aromatic ring is 1. The standard InChI is InChI=1S/C31H39N5O7S.ClH/c1-18-14-26(43-4)19(2)20(3)28(18)44(41,42)35-24(17-27(37)38)30(39)34-25(31(40)36-12-6-5-7-13-36)16-21-8-9-23-22(15-21)10-11-33-29(23)32;/h8-11,14-15,24-25,35H,5-7,12-13,16-17H2,1-4H3,(H2,32,33)(H,34,39)(H,37,38);1H/t24-,25?;/m0./s1. The van der Waals surface area contributed by atoms with Crippen molar-refractivity contribution in [1.82, 2.24) is 19.9 Å². The molecule has 1 aliphatic heterocycles. The van der Waals surface area contributed by atoms with Crippen LogP contribution in [0.5, 0.6) is 5.75 Å². The number of piperidine rings is 1. The van der Waals surface area contributed by atoms with Crippen molar-refractivity contribution in [2.75, 3.05) is 25.9 Å². The van der Waals surface area contributed by atoms with E-state index in [-0.39, 0.29) is 29.6 Å². The van der Waals surface area contributed by atoms with Crippen molar-refractivity contribution in [1.29, 1.82) is 0 Å². The number of nitrogens with one attached hydrogen (secondary N) is 2. The highest BCUT2D eigenvalue weighted by atomic mass is 35.5. The molecule has 45 heavy (non-hydrogen) atoms. The summed E-state index contributed by atoms with van der Waals surface area (Å²) in [5, 5.41) is 13.8. The Hall–Kier alpha value is -3.94. The van der Waals surface area contributed by atoms with E-state index in [1.165, 1.54) is 7.11 Å². The van der Waals surface area contributed by atoms with E-state index in [1.807, 2.05) is 6.07 Å². The van der Waals surface area contributed by atoms with Crippen LogP contribution < -0.4 is 20.5 Å². The molecule has 0 bridgehead atoms. The number of aliphatic carboxylic acids is 1. The smallest absolute Gasteiger partial charge is 0.305 e. The molecule has 1 fully saturated rings. The van der Waals surface area contributed by atoms with Gasteiger partial charge in [-0.2, -0.15) is 4.72 Å². The maximum absolute atomic E-state index is 13.7. The second-order valence-corrected chi connectivity index (χ2v) is 12.8. The van der Waals surface area contributed by atoms with E-state index in [2.05, 4.69) is 15.0 Å². The Balaban J connectivity index is 0.00000552. The second kappa shape index (κ2) is 14.9. The number of anilines is 1. The Bertz CT molecular complexity index is 1690. The topological polar surface area (TPSA) is 181 Å². The maximum atomic E-state index is 13.7. The third-order valence-electron chi connectivity index (χ3n) is 8.04. The minimum absolute atomic E-state index is 0. The summed E-state index contributed by atoms with van der Waals surface area (Å²) in [4.78, 5) is 44.9. The third-order valence-corrected chi connectivity index (χ3v) is 9.80. The van der Waals surface area contributed by atoms with Gasteiger partial charge in [-0.25, -0.2) is 13.4 Å². The fraction of sp³-hybridized carbons (Fsp3) is 0.419. The molecule has 3 aromatic rings. The van der Waals surface area contributed by atoms with Crippen molar-refractivity contribution >= 4 is 56.8 Å². The lowest BCUT2D eigenvalue weighted by Gasteiger charge is -2.31. The van der Waals surface area contributed by atoms with Crippen molar-refractivity contribution in [2.24, 2.45) is 0 Å². The van der Waals surface area contributed by atoms with Crippen LogP contribution in [0.3, 0.4) is 0 Å². The van der Waals surface area contributed by atoms with Crippen LogP contribution in [0.25, 0.3) is 10.8 Å². The van der Waals surface area contributed by atoms with Crippen molar-refractivity contribution in [3.8, 4) is 5.75 Å². The Morgan fingerprint density at radius 2 is 1.73 bits per heavy atom. The minimum atomic E-state index is -4.37. The molecule has 244 valence electrons. The second-order valence-electron chi connectivity index (χ2n) is 11.1. The molecule has 1 saturated heterocycles. The number of aryl methyl sites for hydroxylation is 1. The van der Waals surface area contributed by atoms with E-state index in [4.69, 9.17) is 10.5 Å². The van der Waals surface area contributed by atoms with Gasteiger partial charge in [-0.3, -0.25) is 14.4 Å². The Labute approximate surface area is 269 Å². The van der Waals surface area contributed by atoms with Gasteiger partial charge >= 0.3 is 5.97 Å². The number of likely N-dealkylation sites (tertiary alicyclic amines) is 1. The number of methoxy groups -OCH3 is 1. The summed E-state index contributed by atoms with van der Waals surface area (Å²) < 4.78 is 34.9. The van der Waals surface area contributed by atoms with Crippen LogP contribution in [0.1, 0.15) is 47.9 Å². The lowest BCUT2D eigenvalue weighted by molar-refractivity contribution is -0.140. The highest BCUT2D eigenvalue weighted by Gasteiger charge is 2.34. The van der Waals surface area contributed by atoms with Gasteiger partial charge in [0.2, 0.25) is 21.8 Å². The zero-order valence-corrected chi connectivity index (χ0v) is 27.4. The van der Waals surface area contributed by atoms with Crippen LogP contribution in [0.2, 0.25) is 0 Å². The number of carbonyl (C=O) groups is 3. The fourth-order valence-corrected chi connectivity index (χ4v) is 7.40. The minimum Gasteiger partial charge on any atom is -0.496 e. The number of hydrogen-bond donors (Lipinski definition) is 4. The van der Waals surface area contributed by atoms with Crippen LogP contribution in [0.15, 0.2) is 41.4 Å². The zero-order chi connectivity index (χ0) is 32.2. The molecule has 4 rings (SSSR count). The lowest BCUT2D eigenvalue weighted by atomic mass is 10.00. The molecule has 2 atom stereocenters. The number of amides is 2. The van der Waals surface area contributed by atoms with Gasteiger partial charge in [0.25, 0.3) is 0 Å². The molecular weight excluding hydrogens is 622 g/mol. The van der Waals surface area contributed by atoms with E-state index in [0.717, 1.165) is 35.6 Å². The van der Waals surface area contributed by atoms with Crippen LogP contribution >= 0.6 is 12.4 Å². The predicted octanol–water partition coefficient (Wildman–Crippen LogP) is 3.03. The molecular formula is C31H40ClN5O7S. The Kier molecular flexibility index (Phi) is 11.8. The quantitative estimate of drug-likeness (QED) is 0.240. The molecule has 0 spiro atoms. The lowest BCUT2D eigenvalue weighted by Crippen LogP contribution is -2.56. The summed E-state index contributed by atoms with van der Waals surface area (Å²) in [6, 6.07) is 6.05. The number of benzene rings is 2. The SMILES string of the molecule is COc1cc(C)c(S(=O)(=O)N[C@@H](CC(=O)O)C(=O)NC(Cc2ccc3c(N)nccc3c2)C(=O)N2CCCCC2)c(C)c1C.Cl. The summed E-state index contributed by atoms with van der Waals surface area (Å²) >= 11 is 0. The maximum Gasteiger partial charge on any atom is 0.305 e. The third kappa shape index (κ3) is 8.21. The number of nitrogens with zero attached hydrogens (tertiary/aromatic N) is 2. The van der Waals surface area contributed by atoms with E-state index in [0.29, 0.717) is 41.3 Å². The molecule has 2 heterocycles. The first-order chi connectivity index (χ1) is 20.8. The first-order valence-electron chi connectivity index (χ1n) is 14.4. The largest absolute Gasteiger partial charge is 0.496 e. The number of aromatic nitrogens is 1. The van der Waals surface area contributed by atoms with E-state index in [9.17, 15) is 27.9 Å². The number of carboxylic acid groups (broad SMARTS) is 1. The number of rotatable bonds is 11. The summed E-state index contributed by atoms with van der Waals surface area (Å²) in [6.07, 6.45) is 3.50. The molecule has 0 saturated carbocycles. The molecule has 2 aromatic carbocycles. The molecule has 2 amide bonds. The van der Waals surface area contributed by atoms with Gasteiger partial charge in [0, 0.05) is 31.1 Å². The van der Waals surface area contributed by atoms with E-state index >= 15 is 0 Å². The van der Waals surface area contributed by atoms with Gasteiger partial charge in [0.1, 0.15) is 23.7 Å². The number of carboxylic acids is 1. The summed E-state index contributed by atoms with van der Waals surface area (Å²) in [5.41, 5.74) is 8.10. The Morgan fingerprint density at radius 3 is 2.38 bits per heavy atom. The van der Waals surface area contributed by atoms with Crippen LogP contribution in [0, 0.1) is 20.8 Å². The van der Waals surface area contributed by atoms with Gasteiger partial charge in [-0.15, -0.1) is 12.4 Å². The first-order valence-corrected chi connectivity index (χ1v) is 15.9. The fourth-order valence-electron chi connectivity index (χ4n) is 5.68. The van der Waals surface area contributed by atoms with Crippen molar-refractivity contribution in [3.63, 3.8) is 0 Å². The number of nitrogens with two attached hydrogens (primary N) is 1. The van der Waals surface area contributed by atoms with Gasteiger partial charge < -0.3 is 25.8 Å². The predicted molar refractivity (Wildman–Crippen MR) is 173 cm³/mol. The number of hydrogen-bond acceptors (Lipinski definition) is 8. The highest BCUT2D eigenvalue weighted by Crippen LogP contribution is 2.30. The van der Waals surface area contributed by atoms with Gasteiger partial charge in [0.15, 0.2) is 0 Å². The first kappa shape index (κ1) is 35.5. The Morgan fingerprint density at radius 1 is 1.04 bits per heavy atom. The normalized spacial score (nSPS) is 14.7. The summed E-state index contributed by atoms with van der Waals surface area (Å²) in [6.45, 7) is 5.99. The van der Waals surface area contributed by atoms with Gasteiger partial charge in [-0.1, -0.05) is 18.2 Å². The van der Waals surface area contributed by atoms with Crippen molar-refractivity contribution in [3.05, 3.63) is 58.8 Å². The van der Waals surface area contributed by atoms with Gasteiger partial charge in [0.05, 0.1) is 18.4 Å². The van der Waals surface area contributed by atoms with E-state index in [1.54, 1.807) is 56.1 Å². The number of ether oxygens (including phenoxy) is 1. The number of carbonyl (C=O) groups excluding carboxylic acids is 2. The monoisotopic (exact) mass is 661 g/mol. The molecule has 14 heteroatoms. The molecule has 1 aromatic heterocycles. The van der Waals surface area contributed by atoms with Crippen LogP contribution in [-0.4, -0.2) is 73.5 Å². The molecule has 1 unspecified atom stereocenters. The van der Waals surface area contributed by atoms with Gasteiger partial charge in [-0.05, 0) is 79.8 Å².